The Hall–Kier alpha value is -4.71. The summed E-state index contributed by atoms with van der Waals surface area (Å²) in [4.78, 5) is 53.8. The molecule has 14 nitrogen and oxygen atoms in total. The van der Waals surface area contributed by atoms with Gasteiger partial charge in [-0.05, 0) is 51.7 Å². The fourth-order valence-corrected chi connectivity index (χ4v) is 7.18. The molecule has 3 heterocycles. The average molecular weight is 650 g/mol. The van der Waals surface area contributed by atoms with Gasteiger partial charge in [0.1, 0.15) is 17.8 Å². The number of allylic oxidation sites excluding steroid dienone is 3. The summed E-state index contributed by atoms with van der Waals surface area (Å²) < 4.78 is 22.0. The lowest BCUT2D eigenvalue weighted by Gasteiger charge is -2.57. The molecule has 2 amide bonds. The highest BCUT2D eigenvalue weighted by Gasteiger charge is 2.55. The maximum absolute atomic E-state index is 13.6. The van der Waals surface area contributed by atoms with Crippen molar-refractivity contribution in [1.29, 1.82) is 5.26 Å². The van der Waals surface area contributed by atoms with Crippen LogP contribution in [0.5, 0.6) is 11.5 Å². The summed E-state index contributed by atoms with van der Waals surface area (Å²) in [6.07, 6.45) is -0.305. The number of ether oxygens (including phenoxy) is 4. The van der Waals surface area contributed by atoms with Crippen LogP contribution in [0, 0.1) is 18.3 Å². The van der Waals surface area contributed by atoms with Crippen LogP contribution >= 0.6 is 0 Å². The maximum atomic E-state index is 13.6. The van der Waals surface area contributed by atoms with Gasteiger partial charge in [-0.1, -0.05) is 12.6 Å². The monoisotopic (exact) mass is 649 g/mol. The number of fused-ring (bicyclic) bond motifs is 6. The molecule has 1 fully saturated rings. The fraction of sp³-hybridized carbons (Fsp3) is 0.485. The zero-order chi connectivity index (χ0) is 34.3. The van der Waals surface area contributed by atoms with Crippen molar-refractivity contribution >= 4 is 23.6 Å². The number of nitrogens with zero attached hydrogens (tertiary/aromatic N) is 2. The minimum atomic E-state index is -1.04. The molecule has 0 radical (unpaired) electrons. The van der Waals surface area contributed by atoms with Crippen LogP contribution in [0.2, 0.25) is 0 Å². The molecule has 1 aliphatic carbocycles. The number of amides is 2. The normalized spacial score (nSPS) is 25.5. The number of benzene rings is 1. The Bertz CT molecular complexity index is 1660. The number of piperazine rings is 1. The number of Topliss-reactive ketones (excluding diaryl/α,β-unsaturated/α-hetero) is 2. The number of methoxy groups -OCH3 is 2. The number of aliphatic hydroxyl groups is 1. The zero-order valence-corrected chi connectivity index (χ0v) is 27.2. The summed E-state index contributed by atoms with van der Waals surface area (Å²) in [6.45, 7) is 9.50. The number of ketones is 2. The van der Waals surface area contributed by atoms with Gasteiger partial charge in [0.2, 0.25) is 17.5 Å². The van der Waals surface area contributed by atoms with Gasteiger partial charge in [-0.2, -0.15) is 5.26 Å². The number of aliphatic hydroxyl groups excluding tert-OH is 1. The highest BCUT2D eigenvalue weighted by atomic mass is 16.7. The smallest absolute Gasteiger partial charge is 0.412 e. The van der Waals surface area contributed by atoms with Gasteiger partial charge in [-0.25, -0.2) is 4.79 Å². The topological polar surface area (TPSA) is 189 Å². The molecular weight excluding hydrogens is 610 g/mol. The van der Waals surface area contributed by atoms with Crippen molar-refractivity contribution in [3.63, 3.8) is 0 Å². The van der Waals surface area contributed by atoms with E-state index in [1.807, 2.05) is 17.9 Å². The first-order valence-electron chi connectivity index (χ1n) is 15.2. The second kappa shape index (κ2) is 13.2. The SMILES string of the molecule is C=C(C)OC(=O)N[C@@H](C)C(=O)NC[C@H]1C2=C(CC3[C@@H]4N[C@H](Cc5cc(C)c(OC)c(OCOC)c54)[C@H](C#N)N31)C(O)=C(C)C(=O)C2=O. The molecule has 1 aromatic carbocycles. The first kappa shape index (κ1) is 33.6. The number of hydrogen-bond acceptors (Lipinski definition) is 12. The minimum Gasteiger partial charge on any atom is -0.507 e. The summed E-state index contributed by atoms with van der Waals surface area (Å²) >= 11 is 0. The Labute approximate surface area is 272 Å². The van der Waals surface area contributed by atoms with E-state index < -0.39 is 59.8 Å². The predicted octanol–water partition coefficient (Wildman–Crippen LogP) is 1.94. The van der Waals surface area contributed by atoms with Crippen molar-refractivity contribution < 1.29 is 43.2 Å². The summed E-state index contributed by atoms with van der Waals surface area (Å²) in [5.74, 6) is -1.38. The lowest BCUT2D eigenvalue weighted by Crippen LogP contribution is -2.71. The molecule has 6 atom stereocenters. The first-order chi connectivity index (χ1) is 22.3. The lowest BCUT2D eigenvalue weighted by molar-refractivity contribution is -0.133. The number of alkyl carbamates (subject to hydrolysis) is 1. The molecule has 4 aliphatic rings. The van der Waals surface area contributed by atoms with Gasteiger partial charge in [0.25, 0.3) is 0 Å². The highest BCUT2D eigenvalue weighted by molar-refractivity contribution is 6.50. The first-order valence-corrected chi connectivity index (χ1v) is 15.2. The molecule has 14 heteroatoms. The van der Waals surface area contributed by atoms with E-state index in [-0.39, 0.29) is 48.0 Å². The van der Waals surface area contributed by atoms with Crippen molar-refractivity contribution in [2.75, 3.05) is 27.6 Å². The molecule has 0 saturated carbocycles. The molecule has 47 heavy (non-hydrogen) atoms. The number of rotatable bonds is 9. The third-order valence-electron chi connectivity index (χ3n) is 9.15. The summed E-state index contributed by atoms with van der Waals surface area (Å²) in [5, 5.41) is 30.6. The molecule has 250 valence electrons. The van der Waals surface area contributed by atoms with Crippen LogP contribution in [0.4, 0.5) is 4.79 Å². The molecule has 1 unspecified atom stereocenters. The molecule has 1 aromatic rings. The van der Waals surface area contributed by atoms with E-state index in [2.05, 4.69) is 28.6 Å². The third kappa shape index (κ3) is 5.86. The quantitative estimate of drug-likeness (QED) is 0.132. The van der Waals surface area contributed by atoms with Crippen LogP contribution in [0.3, 0.4) is 0 Å². The van der Waals surface area contributed by atoms with Crippen LogP contribution in [0.1, 0.15) is 49.9 Å². The van der Waals surface area contributed by atoms with Gasteiger partial charge in [0.15, 0.2) is 18.3 Å². The van der Waals surface area contributed by atoms with E-state index in [1.165, 1.54) is 27.9 Å². The van der Waals surface area contributed by atoms with Crippen molar-refractivity contribution in [3.8, 4) is 17.6 Å². The molecule has 3 aliphatic heterocycles. The van der Waals surface area contributed by atoms with Gasteiger partial charge in [0, 0.05) is 48.0 Å². The van der Waals surface area contributed by atoms with Crippen molar-refractivity contribution in [2.24, 2.45) is 0 Å². The van der Waals surface area contributed by atoms with E-state index in [0.717, 1.165) is 16.7 Å². The van der Waals surface area contributed by atoms with Crippen molar-refractivity contribution in [2.45, 2.75) is 76.8 Å². The number of hydrogen-bond donors (Lipinski definition) is 4. The maximum Gasteiger partial charge on any atom is 0.412 e. The standard InChI is InChI=1S/C33H39N5O9/c1-14(2)47-33(43)36-17(5)32(42)35-12-23-25-19(27(39)16(4)28(40)29(25)41)10-21-26-24-18(9-20(37-26)22(11-34)38(21)23)8-15(3)30(45-7)31(24)46-13-44-6/h8,17,20-23,26,37,39H,1,9-10,12-13H2,2-7H3,(H,35,42)(H,36,43)/t17-,20+,21?,22-,23-,26-/m0/s1. The Kier molecular flexibility index (Phi) is 9.44. The summed E-state index contributed by atoms with van der Waals surface area (Å²) in [5.41, 5.74) is 2.86. The molecule has 0 spiro atoms. The third-order valence-corrected chi connectivity index (χ3v) is 9.15. The van der Waals surface area contributed by atoms with Crippen molar-refractivity contribution in [3.05, 3.63) is 57.6 Å². The molecule has 0 aromatic heterocycles. The Morgan fingerprint density at radius 2 is 1.94 bits per heavy atom. The van der Waals surface area contributed by atoms with E-state index >= 15 is 0 Å². The lowest BCUT2D eigenvalue weighted by atomic mass is 9.70. The number of carbonyl (C=O) groups excluding carboxylic acids is 4. The van der Waals surface area contributed by atoms with Crippen LogP contribution in [0.25, 0.3) is 0 Å². The van der Waals surface area contributed by atoms with E-state index in [9.17, 15) is 29.5 Å². The van der Waals surface area contributed by atoms with Crippen LogP contribution < -0.4 is 25.4 Å². The molecule has 2 bridgehead atoms. The largest absolute Gasteiger partial charge is 0.507 e. The molecule has 1 saturated heterocycles. The second-order valence-corrected chi connectivity index (χ2v) is 12.2. The molecule has 4 N–H and O–H groups in total. The number of aryl methyl sites for hydroxylation is 1. The fourth-order valence-electron chi connectivity index (χ4n) is 7.18. The number of nitrogens with one attached hydrogen (secondary N) is 3. The molecular formula is C33H39N5O9. The Morgan fingerprint density at radius 1 is 1.21 bits per heavy atom. The average Bonchev–Trinajstić information content (AvgIpc) is 3.02. The van der Waals surface area contributed by atoms with E-state index in [0.29, 0.717) is 17.9 Å². The van der Waals surface area contributed by atoms with Crippen LogP contribution in [0.15, 0.2) is 40.9 Å². The summed E-state index contributed by atoms with van der Waals surface area (Å²) in [6, 6.07) is 0.221. The second-order valence-electron chi connectivity index (χ2n) is 12.2. The zero-order valence-electron chi connectivity index (χ0n) is 27.2. The van der Waals surface area contributed by atoms with Gasteiger partial charge >= 0.3 is 6.09 Å². The van der Waals surface area contributed by atoms with Crippen LogP contribution in [-0.4, -0.2) is 91.3 Å². The Morgan fingerprint density at radius 3 is 2.57 bits per heavy atom. The van der Waals surface area contributed by atoms with Gasteiger partial charge < -0.3 is 40.0 Å². The Balaban J connectivity index is 1.60. The van der Waals surface area contributed by atoms with E-state index in [4.69, 9.17) is 18.9 Å². The van der Waals surface area contributed by atoms with Gasteiger partial charge in [-0.3, -0.25) is 19.3 Å². The number of carbonyl (C=O) groups is 4. The van der Waals surface area contributed by atoms with Gasteiger partial charge in [0.05, 0.1) is 31.0 Å². The van der Waals surface area contributed by atoms with Gasteiger partial charge in [-0.15, -0.1) is 0 Å². The highest BCUT2D eigenvalue weighted by Crippen LogP contribution is 2.51. The minimum absolute atomic E-state index is 0.0368. The van der Waals surface area contributed by atoms with Crippen LogP contribution in [-0.2, 0) is 30.3 Å². The predicted molar refractivity (Wildman–Crippen MR) is 166 cm³/mol. The summed E-state index contributed by atoms with van der Waals surface area (Å²) in [7, 11) is 3.06. The van der Waals surface area contributed by atoms with Crippen molar-refractivity contribution in [1.82, 2.24) is 20.9 Å². The molecule has 5 rings (SSSR count). The van der Waals surface area contributed by atoms with E-state index in [1.54, 1.807) is 7.11 Å². The number of nitriles is 1.